The molecule has 3 nitrogen and oxygen atoms in total. The van der Waals surface area contributed by atoms with Crippen LogP contribution in [0.15, 0.2) is 16.8 Å². The van der Waals surface area contributed by atoms with E-state index in [-0.39, 0.29) is 6.10 Å². The summed E-state index contributed by atoms with van der Waals surface area (Å²) in [6.45, 7) is 8.50. The second-order valence-corrected chi connectivity index (χ2v) is 4.68. The van der Waals surface area contributed by atoms with Crippen molar-refractivity contribution in [3.8, 4) is 0 Å². The third kappa shape index (κ3) is 5.07. The molecule has 0 saturated heterocycles. The molecule has 0 spiro atoms. The highest BCUT2D eigenvalue weighted by molar-refractivity contribution is 7.07. The van der Waals surface area contributed by atoms with Crippen molar-refractivity contribution in [2.75, 3.05) is 26.2 Å². The van der Waals surface area contributed by atoms with E-state index in [9.17, 15) is 5.11 Å². The third-order valence-corrected chi connectivity index (χ3v) is 3.38. The van der Waals surface area contributed by atoms with Crippen molar-refractivity contribution in [2.24, 2.45) is 0 Å². The summed E-state index contributed by atoms with van der Waals surface area (Å²) in [5, 5.41) is 17.3. The molecule has 4 heteroatoms. The zero-order valence-corrected chi connectivity index (χ0v) is 11.0. The highest BCUT2D eigenvalue weighted by Gasteiger charge is 2.08. The average Bonchev–Trinajstić information content (AvgIpc) is 2.79. The van der Waals surface area contributed by atoms with Crippen molar-refractivity contribution >= 4 is 11.3 Å². The molecule has 0 aromatic carbocycles. The van der Waals surface area contributed by atoms with Crippen LogP contribution in [0.5, 0.6) is 0 Å². The molecule has 1 atom stereocenters. The Morgan fingerprint density at radius 3 is 2.75 bits per heavy atom. The first-order valence-corrected chi connectivity index (χ1v) is 6.82. The van der Waals surface area contributed by atoms with Crippen LogP contribution in [0.3, 0.4) is 0 Å². The fraction of sp³-hybridized carbons (Fsp3) is 0.667. The SMILES string of the molecule is CCN(CC)CC(O)CNCc1ccsc1. The molecule has 2 N–H and O–H groups in total. The van der Waals surface area contributed by atoms with Crippen molar-refractivity contribution in [3.63, 3.8) is 0 Å². The Morgan fingerprint density at radius 2 is 2.19 bits per heavy atom. The van der Waals surface area contributed by atoms with Gasteiger partial charge < -0.3 is 15.3 Å². The zero-order chi connectivity index (χ0) is 11.8. The van der Waals surface area contributed by atoms with Crippen molar-refractivity contribution in [3.05, 3.63) is 22.4 Å². The van der Waals surface area contributed by atoms with Crippen LogP contribution >= 0.6 is 11.3 Å². The molecule has 0 aliphatic rings. The van der Waals surface area contributed by atoms with Crippen LogP contribution in [0.2, 0.25) is 0 Å². The first-order chi connectivity index (χ1) is 7.76. The van der Waals surface area contributed by atoms with Gasteiger partial charge in [-0.2, -0.15) is 11.3 Å². The van der Waals surface area contributed by atoms with Gasteiger partial charge in [0.1, 0.15) is 0 Å². The molecule has 1 aromatic heterocycles. The van der Waals surface area contributed by atoms with E-state index in [1.165, 1.54) is 5.56 Å². The highest BCUT2D eigenvalue weighted by atomic mass is 32.1. The highest BCUT2D eigenvalue weighted by Crippen LogP contribution is 2.04. The molecule has 1 aromatic rings. The number of hydrogen-bond acceptors (Lipinski definition) is 4. The summed E-state index contributed by atoms with van der Waals surface area (Å²) in [6.07, 6.45) is -0.279. The summed E-state index contributed by atoms with van der Waals surface area (Å²) in [5.74, 6) is 0. The number of nitrogens with one attached hydrogen (secondary N) is 1. The Kier molecular flexibility index (Phi) is 6.64. The Bertz CT molecular complexity index is 260. The van der Waals surface area contributed by atoms with Crippen LogP contribution in [-0.4, -0.2) is 42.3 Å². The van der Waals surface area contributed by atoms with E-state index in [0.717, 1.165) is 26.2 Å². The maximum absolute atomic E-state index is 9.81. The predicted molar refractivity (Wildman–Crippen MR) is 69.8 cm³/mol. The van der Waals surface area contributed by atoms with Crippen LogP contribution in [0, 0.1) is 0 Å². The second kappa shape index (κ2) is 7.79. The quantitative estimate of drug-likeness (QED) is 0.726. The average molecular weight is 242 g/mol. The minimum Gasteiger partial charge on any atom is -0.390 e. The minimum atomic E-state index is -0.279. The molecule has 0 fully saturated rings. The molecule has 16 heavy (non-hydrogen) atoms. The van der Waals surface area contributed by atoms with Gasteiger partial charge >= 0.3 is 0 Å². The molecule has 92 valence electrons. The molecule has 0 saturated carbocycles. The van der Waals surface area contributed by atoms with Gasteiger partial charge in [-0.05, 0) is 35.5 Å². The number of hydrogen-bond donors (Lipinski definition) is 2. The lowest BCUT2D eigenvalue weighted by Gasteiger charge is -2.21. The van der Waals surface area contributed by atoms with E-state index in [1.807, 2.05) is 0 Å². The lowest BCUT2D eigenvalue weighted by molar-refractivity contribution is 0.116. The first-order valence-electron chi connectivity index (χ1n) is 5.88. The standard InChI is InChI=1S/C12H22N2OS/c1-3-14(4-2)9-12(15)8-13-7-11-5-6-16-10-11/h5-6,10,12-13,15H,3-4,7-9H2,1-2H3. The van der Waals surface area contributed by atoms with Gasteiger partial charge in [0.15, 0.2) is 0 Å². The van der Waals surface area contributed by atoms with Crippen molar-refractivity contribution < 1.29 is 5.11 Å². The van der Waals surface area contributed by atoms with Gasteiger partial charge in [0.05, 0.1) is 6.10 Å². The summed E-state index contributed by atoms with van der Waals surface area (Å²) in [7, 11) is 0. The van der Waals surface area contributed by atoms with Crippen molar-refractivity contribution in [2.45, 2.75) is 26.5 Å². The van der Waals surface area contributed by atoms with E-state index in [0.29, 0.717) is 6.54 Å². The lowest BCUT2D eigenvalue weighted by atomic mass is 10.3. The summed E-state index contributed by atoms with van der Waals surface area (Å²) >= 11 is 1.71. The van der Waals surface area contributed by atoms with E-state index in [4.69, 9.17) is 0 Å². The van der Waals surface area contributed by atoms with Gasteiger partial charge in [-0.15, -0.1) is 0 Å². The maximum atomic E-state index is 9.81. The van der Waals surface area contributed by atoms with Gasteiger partial charge in [0, 0.05) is 19.6 Å². The van der Waals surface area contributed by atoms with Crippen LogP contribution < -0.4 is 5.32 Å². The third-order valence-electron chi connectivity index (χ3n) is 2.65. The number of nitrogens with zero attached hydrogens (tertiary/aromatic N) is 1. The van der Waals surface area contributed by atoms with E-state index < -0.39 is 0 Å². The molecule has 1 rings (SSSR count). The van der Waals surface area contributed by atoms with E-state index in [2.05, 4.69) is 40.9 Å². The van der Waals surface area contributed by atoms with Crippen LogP contribution in [0.1, 0.15) is 19.4 Å². The van der Waals surface area contributed by atoms with E-state index in [1.54, 1.807) is 11.3 Å². The molecule has 0 amide bonds. The summed E-state index contributed by atoms with van der Waals surface area (Å²) in [6, 6.07) is 2.11. The molecule has 0 bridgehead atoms. The lowest BCUT2D eigenvalue weighted by Crippen LogP contribution is -2.38. The number of likely N-dealkylation sites (N-methyl/N-ethyl adjacent to an activating group) is 1. The van der Waals surface area contributed by atoms with Gasteiger partial charge in [-0.25, -0.2) is 0 Å². The van der Waals surface area contributed by atoms with E-state index >= 15 is 0 Å². The second-order valence-electron chi connectivity index (χ2n) is 3.90. The molecule has 0 aliphatic carbocycles. The number of aliphatic hydroxyl groups is 1. The van der Waals surface area contributed by atoms with Gasteiger partial charge in [-0.3, -0.25) is 0 Å². The summed E-state index contributed by atoms with van der Waals surface area (Å²) in [4.78, 5) is 2.23. The van der Waals surface area contributed by atoms with Gasteiger partial charge in [0.2, 0.25) is 0 Å². The van der Waals surface area contributed by atoms with Crippen molar-refractivity contribution in [1.29, 1.82) is 0 Å². The topological polar surface area (TPSA) is 35.5 Å². The number of rotatable bonds is 8. The molecular formula is C12H22N2OS. The van der Waals surface area contributed by atoms with Crippen LogP contribution in [0.25, 0.3) is 0 Å². The zero-order valence-electron chi connectivity index (χ0n) is 10.1. The molecular weight excluding hydrogens is 220 g/mol. The predicted octanol–water partition coefficient (Wildman–Crippen LogP) is 1.54. The van der Waals surface area contributed by atoms with Gasteiger partial charge in [-0.1, -0.05) is 13.8 Å². The first kappa shape index (κ1) is 13.6. The molecule has 0 radical (unpaired) electrons. The Labute approximate surface area is 102 Å². The fourth-order valence-corrected chi connectivity index (χ4v) is 2.29. The minimum absolute atomic E-state index is 0.279. The largest absolute Gasteiger partial charge is 0.390 e. The molecule has 1 unspecified atom stereocenters. The monoisotopic (exact) mass is 242 g/mol. The maximum Gasteiger partial charge on any atom is 0.0791 e. The summed E-state index contributed by atoms with van der Waals surface area (Å²) in [5.41, 5.74) is 1.29. The summed E-state index contributed by atoms with van der Waals surface area (Å²) < 4.78 is 0. The smallest absolute Gasteiger partial charge is 0.0791 e. The fourth-order valence-electron chi connectivity index (χ4n) is 1.62. The Morgan fingerprint density at radius 1 is 1.44 bits per heavy atom. The van der Waals surface area contributed by atoms with Gasteiger partial charge in [0.25, 0.3) is 0 Å². The molecule has 0 aliphatic heterocycles. The van der Waals surface area contributed by atoms with Crippen molar-refractivity contribution in [1.82, 2.24) is 10.2 Å². The normalized spacial score (nSPS) is 13.2. The van der Waals surface area contributed by atoms with Crippen LogP contribution in [0.4, 0.5) is 0 Å². The Hall–Kier alpha value is -0.420. The number of aliphatic hydroxyl groups excluding tert-OH is 1. The Balaban J connectivity index is 2.12. The van der Waals surface area contributed by atoms with Crippen LogP contribution in [-0.2, 0) is 6.54 Å². The molecule has 1 heterocycles. The number of thiophene rings is 1.